The Morgan fingerprint density at radius 3 is 2.58 bits per heavy atom. The zero-order valence-corrected chi connectivity index (χ0v) is 24.3. The number of amides is 3. The number of rotatable bonds is 9. The molecule has 2 aromatic heterocycles. The van der Waals surface area contributed by atoms with E-state index in [1.54, 1.807) is 28.5 Å². The quantitative estimate of drug-likeness (QED) is 0.222. The maximum atomic E-state index is 12.5. The van der Waals surface area contributed by atoms with Crippen LogP contribution in [0.4, 0.5) is 4.79 Å². The van der Waals surface area contributed by atoms with Crippen molar-refractivity contribution >= 4 is 47.3 Å². The van der Waals surface area contributed by atoms with Crippen molar-refractivity contribution in [3.63, 3.8) is 0 Å². The number of benzene rings is 1. The van der Waals surface area contributed by atoms with Gasteiger partial charge in [0, 0.05) is 52.4 Å². The largest absolute Gasteiger partial charge is 0.484 e. The van der Waals surface area contributed by atoms with E-state index >= 15 is 0 Å². The number of hydrogen-bond donors (Lipinski definition) is 1. The van der Waals surface area contributed by atoms with Gasteiger partial charge in [-0.25, -0.2) is 14.6 Å². The Bertz CT molecular complexity index is 1390. The number of carbonyl (C=O) groups is 3. The molecule has 40 heavy (non-hydrogen) atoms. The summed E-state index contributed by atoms with van der Waals surface area (Å²) >= 11 is 3.06. The number of carbonyl (C=O) groups excluding carboxylic acids is 2. The summed E-state index contributed by atoms with van der Waals surface area (Å²) in [7, 11) is 0. The fourth-order valence-electron chi connectivity index (χ4n) is 3.91. The molecular formula is C27H31N5O6S2. The molecule has 0 atom stereocenters. The van der Waals surface area contributed by atoms with Gasteiger partial charge < -0.3 is 19.6 Å². The highest BCUT2D eigenvalue weighted by Crippen LogP contribution is 2.35. The molecule has 0 saturated carbocycles. The van der Waals surface area contributed by atoms with E-state index in [9.17, 15) is 14.4 Å². The molecule has 212 valence electrons. The predicted molar refractivity (Wildman–Crippen MR) is 154 cm³/mol. The Labute approximate surface area is 240 Å². The van der Waals surface area contributed by atoms with Crippen LogP contribution in [0.3, 0.4) is 0 Å². The van der Waals surface area contributed by atoms with Gasteiger partial charge in [-0.15, -0.1) is 27.8 Å². The molecule has 1 aromatic carbocycles. The normalized spacial score (nSPS) is 14.0. The molecule has 1 fully saturated rings. The van der Waals surface area contributed by atoms with Gasteiger partial charge in [-0.05, 0) is 45.9 Å². The number of thiophene rings is 1. The van der Waals surface area contributed by atoms with Gasteiger partial charge in [0.2, 0.25) is 0 Å². The van der Waals surface area contributed by atoms with E-state index in [1.165, 1.54) is 16.2 Å². The molecule has 11 nitrogen and oxygen atoms in total. The van der Waals surface area contributed by atoms with E-state index in [-0.39, 0.29) is 12.5 Å². The van der Waals surface area contributed by atoms with Crippen molar-refractivity contribution in [2.24, 2.45) is 5.10 Å². The molecule has 0 aliphatic carbocycles. The molecule has 4 rings (SSSR count). The van der Waals surface area contributed by atoms with Gasteiger partial charge in [0.15, 0.2) is 6.61 Å². The van der Waals surface area contributed by atoms with E-state index in [0.717, 1.165) is 36.8 Å². The third kappa shape index (κ3) is 7.64. The number of carboxylic acid groups (broad SMARTS) is 1. The number of ether oxygens (including phenoxy) is 1. The number of nitrogens with zero attached hydrogens (tertiary/aromatic N) is 5. The van der Waals surface area contributed by atoms with Crippen molar-refractivity contribution < 1.29 is 29.1 Å². The van der Waals surface area contributed by atoms with Crippen LogP contribution in [-0.2, 0) is 14.4 Å². The van der Waals surface area contributed by atoms with Crippen LogP contribution in [0.1, 0.15) is 30.5 Å². The highest BCUT2D eigenvalue weighted by molar-refractivity contribution is 7.16. The molecule has 1 aliphatic heterocycles. The van der Waals surface area contributed by atoms with E-state index in [4.69, 9.17) is 19.7 Å². The zero-order valence-electron chi connectivity index (χ0n) is 22.7. The monoisotopic (exact) mass is 585 g/mol. The van der Waals surface area contributed by atoms with Crippen molar-refractivity contribution in [2.45, 2.75) is 33.3 Å². The van der Waals surface area contributed by atoms with E-state index < -0.39 is 11.7 Å². The summed E-state index contributed by atoms with van der Waals surface area (Å²) in [6.45, 7) is 8.68. The van der Waals surface area contributed by atoms with Crippen LogP contribution in [0.25, 0.3) is 21.8 Å². The van der Waals surface area contributed by atoms with Gasteiger partial charge >= 0.3 is 6.09 Å². The highest BCUT2D eigenvalue weighted by atomic mass is 32.1. The Balaban J connectivity index is 1.39. The second-order valence-electron chi connectivity index (χ2n) is 9.98. The minimum atomic E-state index is -0.971. The van der Waals surface area contributed by atoms with E-state index in [1.807, 2.05) is 57.3 Å². The standard InChI is InChI=1S/C27H31N5O6S2/c1-18-22(13-21(40-18)14-28-32(17-33)38-27(2,3)4)25-29-23(16-39-25)19-6-5-7-20(12-19)37-15-24(34)30-8-10-31(11-9-30)26(35)36/h5-7,12-14,16-17H,8-11,15H2,1-4H3,(H,35,36). The van der Waals surface area contributed by atoms with Gasteiger partial charge in [-0.2, -0.15) is 5.10 Å². The van der Waals surface area contributed by atoms with Crippen molar-refractivity contribution in [2.75, 3.05) is 32.8 Å². The lowest BCUT2D eigenvalue weighted by Gasteiger charge is -2.33. The number of aryl methyl sites for hydroxylation is 1. The summed E-state index contributed by atoms with van der Waals surface area (Å²) < 4.78 is 5.76. The summed E-state index contributed by atoms with van der Waals surface area (Å²) in [6, 6.07) is 9.39. The second-order valence-corrected chi connectivity index (χ2v) is 12.1. The number of hydrazone groups is 1. The number of piperazine rings is 1. The molecule has 0 spiro atoms. The molecule has 3 heterocycles. The Hall–Kier alpha value is -3.81. The van der Waals surface area contributed by atoms with Crippen LogP contribution in [0.2, 0.25) is 0 Å². The summed E-state index contributed by atoms with van der Waals surface area (Å²) in [4.78, 5) is 50.0. The van der Waals surface area contributed by atoms with E-state index in [2.05, 4.69) is 5.10 Å². The first-order valence-electron chi connectivity index (χ1n) is 12.6. The van der Waals surface area contributed by atoms with Gasteiger partial charge in [-0.1, -0.05) is 12.1 Å². The predicted octanol–water partition coefficient (Wildman–Crippen LogP) is 4.57. The van der Waals surface area contributed by atoms with Crippen LogP contribution >= 0.6 is 22.7 Å². The second kappa shape index (κ2) is 12.6. The molecule has 0 unspecified atom stereocenters. The number of aromatic nitrogens is 1. The maximum absolute atomic E-state index is 12.5. The fraction of sp³-hybridized carbons (Fsp3) is 0.370. The molecule has 1 saturated heterocycles. The van der Waals surface area contributed by atoms with Crippen LogP contribution in [0, 0.1) is 6.92 Å². The Kier molecular flexibility index (Phi) is 9.17. The molecule has 0 radical (unpaired) electrons. The lowest BCUT2D eigenvalue weighted by atomic mass is 10.1. The SMILES string of the molecule is Cc1sc(C=NN(C=O)OC(C)(C)C)cc1-c1nc(-c2cccc(OCC(=O)N3CCN(C(=O)O)CC3)c2)cs1. The lowest BCUT2D eigenvalue weighted by molar-refractivity contribution is -0.215. The van der Waals surface area contributed by atoms with Gasteiger partial charge in [0.05, 0.1) is 17.5 Å². The third-order valence-electron chi connectivity index (χ3n) is 5.82. The maximum Gasteiger partial charge on any atom is 0.407 e. The first-order chi connectivity index (χ1) is 19.0. The van der Waals surface area contributed by atoms with Crippen LogP contribution in [0.5, 0.6) is 5.75 Å². The van der Waals surface area contributed by atoms with Crippen LogP contribution < -0.4 is 4.74 Å². The first-order valence-corrected chi connectivity index (χ1v) is 14.2. The van der Waals surface area contributed by atoms with Gasteiger partial charge in [0.25, 0.3) is 12.3 Å². The average molecular weight is 586 g/mol. The summed E-state index contributed by atoms with van der Waals surface area (Å²) in [5.41, 5.74) is 2.08. The molecule has 13 heteroatoms. The molecule has 3 aromatic rings. The summed E-state index contributed by atoms with van der Waals surface area (Å²) in [5, 5.41) is 16.9. The van der Waals surface area contributed by atoms with Crippen LogP contribution in [-0.4, -0.2) is 88.1 Å². The van der Waals surface area contributed by atoms with Crippen LogP contribution in [0.15, 0.2) is 40.8 Å². The number of hydrogen-bond acceptors (Lipinski definition) is 9. The lowest BCUT2D eigenvalue weighted by Crippen LogP contribution is -2.51. The average Bonchev–Trinajstić information content (AvgIpc) is 3.56. The summed E-state index contributed by atoms with van der Waals surface area (Å²) in [5.74, 6) is 0.367. The minimum Gasteiger partial charge on any atom is -0.484 e. The summed E-state index contributed by atoms with van der Waals surface area (Å²) in [6.07, 6.45) is 1.14. The highest BCUT2D eigenvalue weighted by Gasteiger charge is 2.24. The smallest absolute Gasteiger partial charge is 0.407 e. The fourth-order valence-corrected chi connectivity index (χ4v) is 5.77. The first kappa shape index (κ1) is 29.2. The van der Waals surface area contributed by atoms with E-state index in [0.29, 0.717) is 38.3 Å². The number of thiazole rings is 1. The Morgan fingerprint density at radius 1 is 1.18 bits per heavy atom. The number of hydroxylamine groups is 1. The molecular weight excluding hydrogens is 554 g/mol. The van der Waals surface area contributed by atoms with Crippen molar-refractivity contribution in [1.29, 1.82) is 0 Å². The topological polar surface area (TPSA) is 125 Å². The molecule has 3 amide bonds. The molecule has 0 bridgehead atoms. The van der Waals surface area contributed by atoms with Gasteiger partial charge in [0.1, 0.15) is 10.8 Å². The Morgan fingerprint density at radius 2 is 1.90 bits per heavy atom. The zero-order chi connectivity index (χ0) is 28.9. The van der Waals surface area contributed by atoms with Crippen molar-refractivity contribution in [3.05, 3.63) is 45.5 Å². The molecule has 1 N–H and O–H groups in total. The van der Waals surface area contributed by atoms with Crippen molar-refractivity contribution in [1.82, 2.24) is 20.0 Å². The molecule has 1 aliphatic rings. The van der Waals surface area contributed by atoms with Crippen molar-refractivity contribution in [3.8, 4) is 27.6 Å². The van der Waals surface area contributed by atoms with Gasteiger partial charge in [-0.3, -0.25) is 9.59 Å². The third-order valence-corrected chi connectivity index (χ3v) is 7.68. The minimum absolute atomic E-state index is 0.125.